The summed E-state index contributed by atoms with van der Waals surface area (Å²) in [5, 5.41) is 4.34. The molecule has 1 fully saturated rings. The van der Waals surface area contributed by atoms with Gasteiger partial charge in [0.1, 0.15) is 0 Å². The first-order valence-electron chi connectivity index (χ1n) is 5.24. The van der Waals surface area contributed by atoms with Gasteiger partial charge in [0, 0.05) is 24.2 Å². The molecule has 1 heterocycles. The maximum atomic E-state index is 6.02. The summed E-state index contributed by atoms with van der Waals surface area (Å²) in [5.74, 6) is 0.495. The number of hydrogen-bond acceptors (Lipinski definition) is 2. The summed E-state index contributed by atoms with van der Waals surface area (Å²) in [6.45, 7) is 8.70. The first kappa shape index (κ1) is 9.71. The van der Waals surface area contributed by atoms with Crippen molar-refractivity contribution in [1.82, 2.24) is 9.78 Å². The smallest absolute Gasteiger partial charge is 0.0525 e. The van der Waals surface area contributed by atoms with Crippen LogP contribution in [0.2, 0.25) is 0 Å². The van der Waals surface area contributed by atoms with Crippen LogP contribution in [0.4, 0.5) is 0 Å². The number of nitrogens with two attached hydrogens (primary N) is 1. The highest BCUT2D eigenvalue weighted by atomic mass is 15.3. The zero-order valence-corrected chi connectivity index (χ0v) is 9.36. The normalized spacial score (nSPS) is 29.6. The van der Waals surface area contributed by atoms with E-state index in [-0.39, 0.29) is 5.41 Å². The quantitative estimate of drug-likeness (QED) is 0.779. The predicted octanol–water partition coefficient (Wildman–Crippen LogP) is 1.91. The second-order valence-electron chi connectivity index (χ2n) is 5.17. The Hall–Kier alpha value is -0.830. The molecule has 0 saturated heterocycles. The van der Waals surface area contributed by atoms with E-state index in [1.165, 1.54) is 5.56 Å². The summed E-state index contributed by atoms with van der Waals surface area (Å²) in [5.41, 5.74) is 7.57. The Kier molecular flexibility index (Phi) is 1.96. The molecule has 1 aromatic heterocycles. The monoisotopic (exact) mass is 193 g/mol. The van der Waals surface area contributed by atoms with Gasteiger partial charge in [-0.1, -0.05) is 13.8 Å². The van der Waals surface area contributed by atoms with Gasteiger partial charge < -0.3 is 5.73 Å². The Balaban J connectivity index is 2.20. The number of nitrogens with zero attached hydrogens (tertiary/aromatic N) is 2. The zero-order valence-electron chi connectivity index (χ0n) is 9.36. The molecule has 0 aromatic carbocycles. The Morgan fingerprint density at radius 1 is 1.50 bits per heavy atom. The van der Waals surface area contributed by atoms with Gasteiger partial charge >= 0.3 is 0 Å². The lowest BCUT2D eigenvalue weighted by Crippen LogP contribution is -2.06. The van der Waals surface area contributed by atoms with Crippen LogP contribution in [0.3, 0.4) is 0 Å². The molecule has 2 atom stereocenters. The molecule has 78 valence electrons. The lowest BCUT2D eigenvalue weighted by Gasteiger charge is -2.03. The second-order valence-corrected chi connectivity index (χ2v) is 5.17. The molecule has 0 aliphatic heterocycles. The molecule has 1 aromatic rings. The minimum absolute atomic E-state index is 0.255. The van der Waals surface area contributed by atoms with E-state index in [0.29, 0.717) is 18.0 Å². The fourth-order valence-electron chi connectivity index (χ4n) is 2.11. The van der Waals surface area contributed by atoms with Crippen molar-refractivity contribution in [2.75, 3.05) is 0 Å². The molecule has 0 radical (unpaired) electrons. The number of hydrogen-bond donors (Lipinski definition) is 1. The minimum atomic E-state index is 0.255. The van der Waals surface area contributed by atoms with Gasteiger partial charge in [-0.2, -0.15) is 5.10 Å². The van der Waals surface area contributed by atoms with Gasteiger partial charge in [0.2, 0.25) is 0 Å². The predicted molar refractivity (Wildman–Crippen MR) is 57.1 cm³/mol. The molecule has 3 heteroatoms. The Morgan fingerprint density at radius 3 is 2.43 bits per heavy atom. The van der Waals surface area contributed by atoms with Gasteiger partial charge in [-0.15, -0.1) is 0 Å². The van der Waals surface area contributed by atoms with Crippen LogP contribution in [-0.4, -0.2) is 15.8 Å². The molecule has 3 nitrogen and oxygen atoms in total. The third-order valence-corrected chi connectivity index (χ3v) is 3.42. The van der Waals surface area contributed by atoms with E-state index >= 15 is 0 Å². The van der Waals surface area contributed by atoms with E-state index in [0.717, 1.165) is 0 Å². The van der Waals surface area contributed by atoms with Crippen LogP contribution in [0.1, 0.15) is 45.2 Å². The molecule has 1 saturated carbocycles. The summed E-state index contributed by atoms with van der Waals surface area (Å²) >= 11 is 0. The molecule has 2 unspecified atom stereocenters. The standard InChI is InChI=1S/C11H19N3/c1-7(2)14-6-8(5-13-14)9-10(12)11(9,3)4/h5-7,9-10H,12H2,1-4H3. The van der Waals surface area contributed by atoms with E-state index in [2.05, 4.69) is 39.0 Å². The van der Waals surface area contributed by atoms with E-state index in [1.807, 2.05) is 10.9 Å². The van der Waals surface area contributed by atoms with E-state index in [1.54, 1.807) is 0 Å². The van der Waals surface area contributed by atoms with Crippen molar-refractivity contribution < 1.29 is 0 Å². The fourth-order valence-corrected chi connectivity index (χ4v) is 2.11. The van der Waals surface area contributed by atoms with E-state index in [9.17, 15) is 0 Å². The number of rotatable bonds is 2. The van der Waals surface area contributed by atoms with Gasteiger partial charge in [0.05, 0.1) is 6.20 Å². The molecule has 14 heavy (non-hydrogen) atoms. The lowest BCUT2D eigenvalue weighted by molar-refractivity contribution is 0.531. The van der Waals surface area contributed by atoms with Crippen molar-refractivity contribution in [3.63, 3.8) is 0 Å². The maximum absolute atomic E-state index is 6.02. The molecular weight excluding hydrogens is 174 g/mol. The highest BCUT2D eigenvalue weighted by molar-refractivity contribution is 5.30. The van der Waals surface area contributed by atoms with Crippen LogP contribution < -0.4 is 5.73 Å². The first-order valence-corrected chi connectivity index (χ1v) is 5.24. The fraction of sp³-hybridized carbons (Fsp3) is 0.727. The second kappa shape index (κ2) is 2.83. The van der Waals surface area contributed by atoms with Crippen molar-refractivity contribution in [2.24, 2.45) is 11.1 Å². The van der Waals surface area contributed by atoms with Crippen LogP contribution in [0, 0.1) is 5.41 Å². The van der Waals surface area contributed by atoms with Crippen molar-refractivity contribution in [3.8, 4) is 0 Å². The van der Waals surface area contributed by atoms with E-state index in [4.69, 9.17) is 5.73 Å². The van der Waals surface area contributed by atoms with Gasteiger partial charge in [-0.05, 0) is 24.8 Å². The first-order chi connectivity index (χ1) is 6.44. The van der Waals surface area contributed by atoms with Crippen molar-refractivity contribution in [3.05, 3.63) is 18.0 Å². The SMILES string of the molecule is CC(C)n1cc(C2C(N)C2(C)C)cn1. The Bertz CT molecular complexity index is 338. The van der Waals surface area contributed by atoms with Crippen molar-refractivity contribution in [2.45, 2.75) is 45.7 Å². The third kappa shape index (κ3) is 1.27. The highest BCUT2D eigenvalue weighted by Crippen LogP contribution is 2.57. The summed E-state index contributed by atoms with van der Waals surface area (Å²) in [4.78, 5) is 0. The molecular formula is C11H19N3. The summed E-state index contributed by atoms with van der Waals surface area (Å²) in [6, 6.07) is 0.731. The molecule has 0 spiro atoms. The zero-order chi connectivity index (χ0) is 10.5. The molecule has 1 aliphatic carbocycles. The minimum Gasteiger partial charge on any atom is -0.327 e. The molecule has 0 bridgehead atoms. The van der Waals surface area contributed by atoms with Crippen LogP contribution in [-0.2, 0) is 0 Å². The van der Waals surface area contributed by atoms with Crippen molar-refractivity contribution >= 4 is 0 Å². The Morgan fingerprint density at radius 2 is 2.07 bits per heavy atom. The Labute approximate surface area is 85.3 Å². The molecule has 1 aliphatic rings. The molecule has 2 N–H and O–H groups in total. The average Bonchev–Trinajstić information content (AvgIpc) is 2.55. The third-order valence-electron chi connectivity index (χ3n) is 3.42. The van der Waals surface area contributed by atoms with Crippen molar-refractivity contribution in [1.29, 1.82) is 0 Å². The van der Waals surface area contributed by atoms with Crippen LogP contribution in [0.15, 0.2) is 12.4 Å². The summed E-state index contributed by atoms with van der Waals surface area (Å²) in [6.07, 6.45) is 4.09. The number of aromatic nitrogens is 2. The van der Waals surface area contributed by atoms with Gasteiger partial charge in [-0.25, -0.2) is 0 Å². The highest BCUT2D eigenvalue weighted by Gasteiger charge is 2.56. The van der Waals surface area contributed by atoms with Gasteiger partial charge in [0.15, 0.2) is 0 Å². The van der Waals surface area contributed by atoms with Gasteiger partial charge in [-0.3, -0.25) is 4.68 Å². The summed E-state index contributed by atoms with van der Waals surface area (Å²) in [7, 11) is 0. The average molecular weight is 193 g/mol. The lowest BCUT2D eigenvalue weighted by atomic mass is 10.1. The largest absolute Gasteiger partial charge is 0.327 e. The van der Waals surface area contributed by atoms with Crippen LogP contribution in [0.5, 0.6) is 0 Å². The van der Waals surface area contributed by atoms with E-state index < -0.39 is 0 Å². The maximum Gasteiger partial charge on any atom is 0.0525 e. The summed E-state index contributed by atoms with van der Waals surface area (Å²) < 4.78 is 2.00. The van der Waals surface area contributed by atoms with Crippen LogP contribution >= 0.6 is 0 Å². The topological polar surface area (TPSA) is 43.8 Å². The molecule has 0 amide bonds. The molecule has 2 rings (SSSR count). The van der Waals surface area contributed by atoms with Gasteiger partial charge in [0.25, 0.3) is 0 Å². The van der Waals surface area contributed by atoms with Crippen LogP contribution in [0.25, 0.3) is 0 Å².